The maximum absolute atomic E-state index is 9.68. The van der Waals surface area contributed by atoms with Crippen LogP contribution in [0.15, 0.2) is 0 Å². The first kappa shape index (κ1) is 14.4. The molecule has 96 valence electrons. The molecule has 0 spiro atoms. The van der Waals surface area contributed by atoms with Crippen LogP contribution in [0.25, 0.3) is 0 Å². The molecule has 1 nitrogen and oxygen atoms in total. The quantitative estimate of drug-likeness (QED) is 0.738. The van der Waals surface area contributed by atoms with Crippen molar-refractivity contribution < 1.29 is 5.11 Å². The van der Waals surface area contributed by atoms with Crippen molar-refractivity contribution in [3.05, 3.63) is 0 Å². The van der Waals surface area contributed by atoms with Gasteiger partial charge in [0, 0.05) is 10.00 Å². The Balaban J connectivity index is 2.35. The largest absolute Gasteiger partial charge is 0.393 e. The summed E-state index contributed by atoms with van der Waals surface area (Å²) < 4.78 is 0.397. The maximum atomic E-state index is 9.68. The Morgan fingerprint density at radius 1 is 0.875 bits per heavy atom. The molecule has 1 rings (SSSR count). The van der Waals surface area contributed by atoms with Gasteiger partial charge in [0.1, 0.15) is 0 Å². The van der Waals surface area contributed by atoms with E-state index in [4.69, 9.17) is 0 Å². The van der Waals surface area contributed by atoms with Crippen molar-refractivity contribution in [2.24, 2.45) is 0 Å². The lowest BCUT2D eigenvalue weighted by Crippen LogP contribution is -2.17. The fraction of sp³-hybridized carbons (Fsp3) is 1.00. The predicted molar refractivity (Wildman–Crippen MR) is 74.1 cm³/mol. The molecule has 1 N–H and O–H groups in total. The highest BCUT2D eigenvalue weighted by Gasteiger charge is 2.19. The van der Waals surface area contributed by atoms with Gasteiger partial charge in [-0.15, -0.1) is 0 Å². The van der Waals surface area contributed by atoms with Crippen molar-refractivity contribution in [3.8, 4) is 0 Å². The fourth-order valence-electron chi connectivity index (χ4n) is 2.41. The van der Waals surface area contributed by atoms with E-state index in [1.807, 2.05) is 0 Å². The van der Waals surface area contributed by atoms with Gasteiger partial charge in [-0.3, -0.25) is 0 Å². The molecule has 0 aliphatic heterocycles. The second-order valence-corrected chi connectivity index (χ2v) is 8.20. The molecule has 0 amide bonds. The zero-order chi connectivity index (χ0) is 12.0. The maximum Gasteiger partial charge on any atom is 0.0540 e. The van der Waals surface area contributed by atoms with Gasteiger partial charge in [-0.25, -0.2) is 0 Å². The van der Waals surface area contributed by atoms with Gasteiger partial charge in [0.15, 0.2) is 0 Å². The van der Waals surface area contributed by atoms with E-state index in [-0.39, 0.29) is 6.10 Å². The highest BCUT2D eigenvalue weighted by Crippen LogP contribution is 2.34. The van der Waals surface area contributed by atoms with Gasteiger partial charge in [0.05, 0.1) is 6.10 Å². The Bertz CT molecular complexity index is 174. The van der Waals surface area contributed by atoms with Gasteiger partial charge in [-0.2, -0.15) is 11.8 Å². The first-order valence-electron chi connectivity index (χ1n) is 6.83. The molecule has 0 atom stereocenters. The summed E-state index contributed by atoms with van der Waals surface area (Å²) >= 11 is 2.15. The van der Waals surface area contributed by atoms with Crippen LogP contribution in [-0.4, -0.2) is 21.2 Å². The summed E-state index contributed by atoms with van der Waals surface area (Å²) in [6.45, 7) is 6.96. The molecule has 1 aliphatic carbocycles. The first-order chi connectivity index (χ1) is 7.47. The van der Waals surface area contributed by atoms with Crippen LogP contribution in [0.3, 0.4) is 0 Å². The normalized spacial score (nSPS) is 30.0. The highest BCUT2D eigenvalue weighted by atomic mass is 32.2. The summed E-state index contributed by atoms with van der Waals surface area (Å²) in [6.07, 6.45) is 9.72. The number of aliphatic hydroxyl groups is 1. The molecule has 0 heterocycles. The van der Waals surface area contributed by atoms with Gasteiger partial charge >= 0.3 is 0 Å². The monoisotopic (exact) mass is 244 g/mol. The summed E-state index contributed by atoms with van der Waals surface area (Å²) in [6, 6.07) is 0. The van der Waals surface area contributed by atoms with Crippen molar-refractivity contribution in [1.82, 2.24) is 0 Å². The van der Waals surface area contributed by atoms with Gasteiger partial charge in [0.25, 0.3) is 0 Å². The van der Waals surface area contributed by atoms with Gasteiger partial charge in [-0.1, -0.05) is 46.5 Å². The smallest absolute Gasteiger partial charge is 0.0540 e. The van der Waals surface area contributed by atoms with Crippen LogP contribution in [-0.2, 0) is 0 Å². The van der Waals surface area contributed by atoms with Crippen molar-refractivity contribution in [3.63, 3.8) is 0 Å². The van der Waals surface area contributed by atoms with E-state index in [0.717, 1.165) is 18.1 Å². The van der Waals surface area contributed by atoms with Crippen LogP contribution in [0.5, 0.6) is 0 Å². The van der Waals surface area contributed by atoms with Crippen molar-refractivity contribution in [2.75, 3.05) is 0 Å². The summed E-state index contributed by atoms with van der Waals surface area (Å²) in [5.41, 5.74) is 0. The molecule has 1 saturated carbocycles. The Morgan fingerprint density at radius 2 is 1.31 bits per heavy atom. The number of rotatable bonds is 1. The molecule has 0 radical (unpaired) electrons. The molecule has 0 aromatic rings. The minimum Gasteiger partial charge on any atom is -0.393 e. The average Bonchev–Trinajstić information content (AvgIpc) is 2.16. The van der Waals surface area contributed by atoms with Gasteiger partial charge in [0.2, 0.25) is 0 Å². The fourth-order valence-corrected chi connectivity index (χ4v) is 3.98. The molecule has 0 saturated heterocycles. The van der Waals surface area contributed by atoms with Crippen LogP contribution < -0.4 is 0 Å². The van der Waals surface area contributed by atoms with E-state index in [2.05, 4.69) is 32.5 Å². The zero-order valence-corrected chi connectivity index (χ0v) is 12.0. The molecule has 16 heavy (non-hydrogen) atoms. The van der Waals surface area contributed by atoms with Crippen LogP contribution in [0.2, 0.25) is 0 Å². The molecular weight excluding hydrogens is 216 g/mol. The first-order valence-corrected chi connectivity index (χ1v) is 7.71. The van der Waals surface area contributed by atoms with Gasteiger partial charge < -0.3 is 5.11 Å². The molecule has 0 aromatic heterocycles. The summed E-state index contributed by atoms with van der Waals surface area (Å²) in [4.78, 5) is 0. The Morgan fingerprint density at radius 3 is 1.75 bits per heavy atom. The molecule has 1 aliphatic rings. The van der Waals surface area contributed by atoms with Crippen LogP contribution in [0.4, 0.5) is 0 Å². The third-order valence-corrected chi connectivity index (χ3v) is 4.66. The zero-order valence-electron chi connectivity index (χ0n) is 11.2. The summed E-state index contributed by atoms with van der Waals surface area (Å²) in [5.74, 6) is 0. The van der Waals surface area contributed by atoms with E-state index in [1.165, 1.54) is 38.5 Å². The number of hydrogen-bond acceptors (Lipinski definition) is 2. The van der Waals surface area contributed by atoms with Crippen molar-refractivity contribution in [1.29, 1.82) is 0 Å². The van der Waals surface area contributed by atoms with Gasteiger partial charge in [-0.05, 0) is 25.7 Å². The lowest BCUT2D eigenvalue weighted by molar-refractivity contribution is 0.145. The average molecular weight is 244 g/mol. The van der Waals surface area contributed by atoms with E-state index in [9.17, 15) is 5.11 Å². The molecule has 0 aromatic carbocycles. The van der Waals surface area contributed by atoms with E-state index in [1.54, 1.807) is 0 Å². The highest BCUT2D eigenvalue weighted by molar-refractivity contribution is 8.01. The predicted octanol–water partition coefficient (Wildman–Crippen LogP) is 4.38. The molecular formula is C14H28OS. The topological polar surface area (TPSA) is 20.2 Å². The minimum atomic E-state index is -0.0215. The second-order valence-electron chi connectivity index (χ2n) is 6.07. The molecule has 0 bridgehead atoms. The second kappa shape index (κ2) is 6.90. The summed E-state index contributed by atoms with van der Waals surface area (Å²) in [7, 11) is 0. The van der Waals surface area contributed by atoms with Crippen LogP contribution in [0, 0.1) is 0 Å². The lowest BCUT2D eigenvalue weighted by Gasteiger charge is -2.27. The Kier molecular flexibility index (Phi) is 6.20. The standard InChI is InChI=1S/C14H28OS/c1-14(2,3)16-13-10-6-4-8-12(15)9-5-7-11-13/h12-13,15H,4-11H2,1-3H3. The molecule has 2 heteroatoms. The third-order valence-electron chi connectivity index (χ3n) is 3.15. The van der Waals surface area contributed by atoms with E-state index in [0.29, 0.717) is 4.75 Å². The molecule has 1 fully saturated rings. The number of thioether (sulfide) groups is 1. The Labute approximate surface area is 105 Å². The lowest BCUT2D eigenvalue weighted by atomic mass is 9.99. The molecule has 0 unspecified atom stereocenters. The van der Waals surface area contributed by atoms with Crippen LogP contribution >= 0.6 is 11.8 Å². The Hall–Kier alpha value is 0.310. The van der Waals surface area contributed by atoms with E-state index >= 15 is 0 Å². The summed E-state index contributed by atoms with van der Waals surface area (Å²) in [5, 5.41) is 10.5. The third kappa shape index (κ3) is 6.80. The number of hydrogen-bond donors (Lipinski definition) is 1. The number of aliphatic hydroxyl groups excluding tert-OH is 1. The van der Waals surface area contributed by atoms with Crippen LogP contribution in [0.1, 0.15) is 72.1 Å². The van der Waals surface area contributed by atoms with Crippen molar-refractivity contribution in [2.45, 2.75) is 88.2 Å². The minimum absolute atomic E-state index is 0.0215. The van der Waals surface area contributed by atoms with Crippen molar-refractivity contribution >= 4 is 11.8 Å². The van der Waals surface area contributed by atoms with E-state index < -0.39 is 0 Å². The SMILES string of the molecule is CC(C)(C)SC1CCCCC(O)CCCC1.